The van der Waals surface area contributed by atoms with Gasteiger partial charge in [-0.05, 0) is 42.4 Å². The second-order valence-electron chi connectivity index (χ2n) is 3.60. The highest BCUT2D eigenvalue weighted by Gasteiger charge is 2.16. The highest BCUT2D eigenvalue weighted by molar-refractivity contribution is 5.40. The number of aryl methyl sites for hydroxylation is 1. The number of fused-ring (bicyclic) bond motifs is 1. The number of aromatic nitrogens is 1. The van der Waals surface area contributed by atoms with E-state index in [1.807, 2.05) is 12.3 Å². The van der Waals surface area contributed by atoms with Crippen LogP contribution in [0.2, 0.25) is 0 Å². The highest BCUT2D eigenvalue weighted by Crippen LogP contribution is 2.31. The van der Waals surface area contributed by atoms with Crippen LogP contribution in [0.25, 0.3) is 0 Å². The Labute approximate surface area is 72.8 Å². The second-order valence-corrected chi connectivity index (χ2v) is 3.60. The summed E-state index contributed by atoms with van der Waals surface area (Å²) < 4.78 is 0. The fourth-order valence-electron chi connectivity index (χ4n) is 1.94. The Bertz CT molecular complexity index is 294. The summed E-state index contributed by atoms with van der Waals surface area (Å²) >= 11 is 0. The molecule has 1 aromatic rings. The standard InChI is InChI=1S/C10H14N2/c1-7-3-2-4-8-6-12-10(11)5-9(7)8/h5-7H,2-4H2,1H3,(H2,11,12). The first-order chi connectivity index (χ1) is 5.77. The minimum Gasteiger partial charge on any atom is -0.384 e. The van der Waals surface area contributed by atoms with Crippen LogP contribution in [-0.2, 0) is 6.42 Å². The van der Waals surface area contributed by atoms with E-state index in [9.17, 15) is 0 Å². The van der Waals surface area contributed by atoms with Gasteiger partial charge in [-0.3, -0.25) is 0 Å². The lowest BCUT2D eigenvalue weighted by molar-refractivity contribution is 0.588. The predicted molar refractivity (Wildman–Crippen MR) is 50.0 cm³/mol. The zero-order valence-electron chi connectivity index (χ0n) is 7.38. The first kappa shape index (κ1) is 7.59. The van der Waals surface area contributed by atoms with Crippen molar-refractivity contribution in [1.29, 1.82) is 0 Å². The Morgan fingerprint density at radius 2 is 2.42 bits per heavy atom. The largest absolute Gasteiger partial charge is 0.384 e. The summed E-state index contributed by atoms with van der Waals surface area (Å²) in [5.41, 5.74) is 8.44. The molecular formula is C10H14N2. The Morgan fingerprint density at radius 1 is 1.58 bits per heavy atom. The van der Waals surface area contributed by atoms with E-state index in [4.69, 9.17) is 5.73 Å². The van der Waals surface area contributed by atoms with Crippen LogP contribution in [0.4, 0.5) is 5.82 Å². The molecule has 2 nitrogen and oxygen atoms in total. The lowest BCUT2D eigenvalue weighted by Crippen LogP contribution is -2.08. The van der Waals surface area contributed by atoms with Crippen LogP contribution in [-0.4, -0.2) is 4.98 Å². The van der Waals surface area contributed by atoms with E-state index in [0.717, 1.165) is 0 Å². The summed E-state index contributed by atoms with van der Waals surface area (Å²) in [6.45, 7) is 2.26. The number of hydrogen-bond acceptors (Lipinski definition) is 2. The molecule has 1 unspecified atom stereocenters. The molecule has 2 N–H and O–H groups in total. The van der Waals surface area contributed by atoms with Crippen molar-refractivity contribution < 1.29 is 0 Å². The summed E-state index contributed by atoms with van der Waals surface area (Å²) in [4.78, 5) is 4.10. The van der Waals surface area contributed by atoms with Crippen molar-refractivity contribution in [2.75, 3.05) is 5.73 Å². The van der Waals surface area contributed by atoms with Crippen molar-refractivity contribution in [2.24, 2.45) is 0 Å². The number of anilines is 1. The Hall–Kier alpha value is -1.05. The topological polar surface area (TPSA) is 38.9 Å². The molecule has 1 aromatic heterocycles. The molecule has 0 radical (unpaired) electrons. The van der Waals surface area contributed by atoms with E-state index in [2.05, 4.69) is 11.9 Å². The van der Waals surface area contributed by atoms with Crippen LogP contribution in [0.15, 0.2) is 12.3 Å². The molecule has 0 aliphatic heterocycles. The van der Waals surface area contributed by atoms with Crippen LogP contribution in [0.3, 0.4) is 0 Å². The SMILES string of the molecule is CC1CCCc2cnc(N)cc21. The minimum absolute atomic E-state index is 0.655. The monoisotopic (exact) mass is 162 g/mol. The summed E-state index contributed by atoms with van der Waals surface area (Å²) in [6.07, 6.45) is 5.68. The third-order valence-corrected chi connectivity index (χ3v) is 2.66. The molecule has 2 heteroatoms. The molecule has 2 rings (SSSR count). The van der Waals surface area contributed by atoms with Crippen LogP contribution >= 0.6 is 0 Å². The average molecular weight is 162 g/mol. The molecular weight excluding hydrogens is 148 g/mol. The van der Waals surface area contributed by atoms with Gasteiger partial charge in [0.25, 0.3) is 0 Å². The molecule has 0 fully saturated rings. The van der Waals surface area contributed by atoms with Gasteiger partial charge in [-0.15, -0.1) is 0 Å². The number of nitrogens with two attached hydrogens (primary N) is 1. The molecule has 1 aliphatic carbocycles. The third-order valence-electron chi connectivity index (χ3n) is 2.66. The minimum atomic E-state index is 0.655. The van der Waals surface area contributed by atoms with Gasteiger partial charge < -0.3 is 5.73 Å². The molecule has 0 saturated heterocycles. The molecule has 0 bridgehead atoms. The molecule has 64 valence electrons. The van der Waals surface area contributed by atoms with Crippen molar-refractivity contribution >= 4 is 5.82 Å². The summed E-state index contributed by atoms with van der Waals surface area (Å²) in [5, 5.41) is 0. The quantitative estimate of drug-likeness (QED) is 0.634. The van der Waals surface area contributed by atoms with E-state index >= 15 is 0 Å². The number of nitrogens with zero attached hydrogens (tertiary/aromatic N) is 1. The van der Waals surface area contributed by atoms with Crippen molar-refractivity contribution in [3.8, 4) is 0 Å². The van der Waals surface area contributed by atoms with E-state index < -0.39 is 0 Å². The van der Waals surface area contributed by atoms with Crippen molar-refractivity contribution in [3.05, 3.63) is 23.4 Å². The molecule has 1 aliphatic rings. The lowest BCUT2D eigenvalue weighted by atomic mass is 9.85. The predicted octanol–water partition coefficient (Wildman–Crippen LogP) is 2.10. The number of nitrogen functional groups attached to an aromatic ring is 1. The van der Waals surface area contributed by atoms with Gasteiger partial charge in [0.15, 0.2) is 0 Å². The maximum Gasteiger partial charge on any atom is 0.123 e. The van der Waals surface area contributed by atoms with E-state index in [-0.39, 0.29) is 0 Å². The van der Waals surface area contributed by atoms with Crippen LogP contribution in [0.1, 0.15) is 36.8 Å². The molecule has 0 amide bonds. The van der Waals surface area contributed by atoms with Gasteiger partial charge >= 0.3 is 0 Å². The van der Waals surface area contributed by atoms with Gasteiger partial charge in [-0.25, -0.2) is 4.98 Å². The van der Waals surface area contributed by atoms with Crippen LogP contribution < -0.4 is 5.73 Å². The lowest BCUT2D eigenvalue weighted by Gasteiger charge is -2.21. The van der Waals surface area contributed by atoms with Gasteiger partial charge in [-0.2, -0.15) is 0 Å². The van der Waals surface area contributed by atoms with Crippen molar-refractivity contribution in [3.63, 3.8) is 0 Å². The van der Waals surface area contributed by atoms with Gasteiger partial charge in [0.2, 0.25) is 0 Å². The number of hydrogen-bond donors (Lipinski definition) is 1. The Kier molecular flexibility index (Phi) is 1.75. The van der Waals surface area contributed by atoms with Crippen molar-refractivity contribution in [1.82, 2.24) is 4.98 Å². The maximum atomic E-state index is 5.63. The van der Waals surface area contributed by atoms with Crippen molar-refractivity contribution in [2.45, 2.75) is 32.1 Å². The Morgan fingerprint density at radius 3 is 3.25 bits per heavy atom. The smallest absolute Gasteiger partial charge is 0.123 e. The van der Waals surface area contributed by atoms with Crippen LogP contribution in [0, 0.1) is 0 Å². The second kappa shape index (κ2) is 2.77. The number of pyridine rings is 1. The molecule has 0 saturated carbocycles. The molecule has 1 heterocycles. The fraction of sp³-hybridized carbons (Fsp3) is 0.500. The molecule has 1 atom stereocenters. The first-order valence-corrected chi connectivity index (χ1v) is 4.51. The molecule has 0 spiro atoms. The molecule has 0 aromatic carbocycles. The third kappa shape index (κ3) is 1.17. The molecule has 12 heavy (non-hydrogen) atoms. The van der Waals surface area contributed by atoms with Gasteiger partial charge in [-0.1, -0.05) is 6.92 Å². The van der Waals surface area contributed by atoms with Gasteiger partial charge in [0, 0.05) is 6.20 Å². The van der Waals surface area contributed by atoms with E-state index in [0.29, 0.717) is 11.7 Å². The highest BCUT2D eigenvalue weighted by atomic mass is 14.8. The summed E-state index contributed by atoms with van der Waals surface area (Å²) in [5.74, 6) is 1.32. The zero-order chi connectivity index (χ0) is 8.55. The van der Waals surface area contributed by atoms with E-state index in [1.165, 1.54) is 30.4 Å². The van der Waals surface area contributed by atoms with E-state index in [1.54, 1.807) is 0 Å². The van der Waals surface area contributed by atoms with Gasteiger partial charge in [0.05, 0.1) is 0 Å². The first-order valence-electron chi connectivity index (χ1n) is 4.51. The number of rotatable bonds is 0. The summed E-state index contributed by atoms with van der Waals surface area (Å²) in [7, 11) is 0. The van der Waals surface area contributed by atoms with Gasteiger partial charge in [0.1, 0.15) is 5.82 Å². The zero-order valence-corrected chi connectivity index (χ0v) is 7.38. The normalized spacial score (nSPS) is 21.9. The average Bonchev–Trinajstić information content (AvgIpc) is 2.07. The van der Waals surface area contributed by atoms with Crippen LogP contribution in [0.5, 0.6) is 0 Å². The fourth-order valence-corrected chi connectivity index (χ4v) is 1.94. The Balaban J connectivity index is 2.47. The maximum absolute atomic E-state index is 5.63. The summed E-state index contributed by atoms with van der Waals surface area (Å²) in [6, 6.07) is 2.03.